The highest BCUT2D eigenvalue weighted by Gasteiger charge is 2.13. The molecule has 0 bridgehead atoms. The Morgan fingerprint density at radius 1 is 0.560 bits per heavy atom. The second-order valence-corrected chi connectivity index (χ2v) is 6.20. The number of rotatable bonds is 0. The normalized spacial score (nSPS) is 15.3. The van der Waals surface area contributed by atoms with Gasteiger partial charge in [0.2, 0.25) is 0 Å². The van der Waals surface area contributed by atoms with Crippen molar-refractivity contribution in [2.45, 2.75) is 53.8 Å². The van der Waals surface area contributed by atoms with E-state index in [0.717, 1.165) is 19.6 Å². The summed E-state index contributed by atoms with van der Waals surface area (Å²) in [4.78, 5) is 4.69. The van der Waals surface area contributed by atoms with Gasteiger partial charge in [-0.15, -0.1) is 0 Å². The summed E-state index contributed by atoms with van der Waals surface area (Å²) >= 11 is 0. The van der Waals surface area contributed by atoms with Crippen molar-refractivity contribution in [3.05, 3.63) is 70.8 Å². The second kappa shape index (κ2) is 11.8. The summed E-state index contributed by atoms with van der Waals surface area (Å²) in [6.45, 7) is 12.6. The van der Waals surface area contributed by atoms with Gasteiger partial charge >= 0.3 is 0 Å². The summed E-state index contributed by atoms with van der Waals surface area (Å²) < 4.78 is 0. The Kier molecular flexibility index (Phi) is 10.1. The van der Waals surface area contributed by atoms with Crippen molar-refractivity contribution in [2.24, 2.45) is 0 Å². The largest absolute Gasteiger partial charge is 0.302 e. The van der Waals surface area contributed by atoms with Crippen LogP contribution in [0.1, 0.15) is 49.9 Å². The minimum atomic E-state index is 1.12. The van der Waals surface area contributed by atoms with Gasteiger partial charge < -0.3 is 4.90 Å². The zero-order valence-corrected chi connectivity index (χ0v) is 17.0. The van der Waals surface area contributed by atoms with Crippen molar-refractivity contribution in [2.75, 3.05) is 20.6 Å². The fraction of sp³-hybridized carbons (Fsp3) is 0.478. The van der Waals surface area contributed by atoms with Crippen molar-refractivity contribution in [1.82, 2.24) is 9.80 Å². The lowest BCUT2D eigenvalue weighted by Crippen LogP contribution is -2.26. The van der Waals surface area contributed by atoms with Crippen LogP contribution in [0.25, 0.3) is 0 Å². The van der Waals surface area contributed by atoms with E-state index in [-0.39, 0.29) is 0 Å². The highest BCUT2D eigenvalue weighted by Crippen LogP contribution is 2.19. The van der Waals surface area contributed by atoms with Crippen LogP contribution in [0, 0.1) is 0 Å². The van der Waals surface area contributed by atoms with Gasteiger partial charge in [0.1, 0.15) is 0 Å². The minimum Gasteiger partial charge on any atom is -0.302 e. The van der Waals surface area contributed by atoms with Crippen LogP contribution in [0.4, 0.5) is 0 Å². The minimum absolute atomic E-state index is 1.12. The maximum Gasteiger partial charge on any atom is 0.0237 e. The SMILES string of the molecule is CC.CC.CN1CCc2ccccc2C1.CN1Cc2ccccc2C1. The van der Waals surface area contributed by atoms with E-state index < -0.39 is 0 Å². The van der Waals surface area contributed by atoms with Gasteiger partial charge in [-0.2, -0.15) is 0 Å². The number of nitrogens with zero attached hydrogens (tertiary/aromatic N) is 2. The van der Waals surface area contributed by atoms with Crippen molar-refractivity contribution >= 4 is 0 Å². The van der Waals surface area contributed by atoms with Gasteiger partial charge in [0.25, 0.3) is 0 Å². The number of benzene rings is 2. The van der Waals surface area contributed by atoms with Crippen LogP contribution in [0.15, 0.2) is 48.5 Å². The Balaban J connectivity index is 0.000000210. The van der Waals surface area contributed by atoms with Gasteiger partial charge in [0.15, 0.2) is 0 Å². The maximum atomic E-state index is 2.36. The lowest BCUT2D eigenvalue weighted by molar-refractivity contribution is 0.313. The van der Waals surface area contributed by atoms with Crippen LogP contribution in [0.2, 0.25) is 0 Å². The van der Waals surface area contributed by atoms with Crippen molar-refractivity contribution < 1.29 is 0 Å². The van der Waals surface area contributed by atoms with Gasteiger partial charge in [0.05, 0.1) is 0 Å². The first-order valence-electron chi connectivity index (χ1n) is 9.73. The van der Waals surface area contributed by atoms with Crippen molar-refractivity contribution in [3.8, 4) is 0 Å². The number of likely N-dealkylation sites (N-methyl/N-ethyl adjacent to an activating group) is 1. The number of hydrogen-bond acceptors (Lipinski definition) is 2. The fourth-order valence-corrected chi connectivity index (χ4v) is 3.14. The lowest BCUT2D eigenvalue weighted by Gasteiger charge is -2.24. The summed E-state index contributed by atoms with van der Waals surface area (Å²) in [5.41, 5.74) is 6.02. The molecule has 2 aliphatic rings. The lowest BCUT2D eigenvalue weighted by atomic mass is 10.0. The molecule has 0 radical (unpaired) electrons. The maximum absolute atomic E-state index is 2.36. The van der Waals surface area contributed by atoms with Crippen LogP contribution in [-0.4, -0.2) is 30.4 Å². The molecule has 0 spiro atoms. The molecule has 2 nitrogen and oxygen atoms in total. The second-order valence-electron chi connectivity index (χ2n) is 6.20. The molecule has 0 atom stereocenters. The van der Waals surface area contributed by atoms with Crippen LogP contribution in [-0.2, 0) is 26.1 Å². The molecular formula is C23H36N2. The van der Waals surface area contributed by atoms with Gasteiger partial charge in [-0.05, 0) is 42.8 Å². The number of hydrogen-bond donors (Lipinski definition) is 0. The van der Waals surface area contributed by atoms with Gasteiger partial charge in [-0.1, -0.05) is 76.2 Å². The average molecular weight is 341 g/mol. The van der Waals surface area contributed by atoms with E-state index in [9.17, 15) is 0 Å². The molecule has 2 heterocycles. The smallest absolute Gasteiger partial charge is 0.0237 e. The Morgan fingerprint density at radius 2 is 0.920 bits per heavy atom. The molecule has 0 fully saturated rings. The van der Waals surface area contributed by atoms with Gasteiger partial charge in [0, 0.05) is 26.2 Å². The predicted octanol–water partition coefficient (Wildman–Crippen LogP) is 5.36. The van der Waals surface area contributed by atoms with E-state index in [1.807, 2.05) is 27.7 Å². The summed E-state index contributed by atoms with van der Waals surface area (Å²) in [6.07, 6.45) is 1.21. The number of fused-ring (bicyclic) bond motifs is 2. The molecule has 0 amide bonds. The molecule has 0 aliphatic carbocycles. The van der Waals surface area contributed by atoms with E-state index >= 15 is 0 Å². The highest BCUT2D eigenvalue weighted by atomic mass is 15.1. The first kappa shape index (κ1) is 21.4. The fourth-order valence-electron chi connectivity index (χ4n) is 3.14. The molecule has 0 saturated carbocycles. The van der Waals surface area contributed by atoms with Crippen molar-refractivity contribution in [3.63, 3.8) is 0 Å². The molecule has 138 valence electrons. The molecule has 2 aromatic rings. The summed E-state index contributed by atoms with van der Waals surface area (Å²) in [5, 5.41) is 0. The molecular weight excluding hydrogens is 304 g/mol. The zero-order chi connectivity index (χ0) is 18.7. The molecule has 0 unspecified atom stereocenters. The van der Waals surface area contributed by atoms with E-state index in [0.29, 0.717) is 0 Å². The van der Waals surface area contributed by atoms with Crippen LogP contribution in [0.5, 0.6) is 0 Å². The van der Waals surface area contributed by atoms with Crippen LogP contribution >= 0.6 is 0 Å². The summed E-state index contributed by atoms with van der Waals surface area (Å²) in [7, 11) is 4.33. The third kappa shape index (κ3) is 6.64. The predicted molar refractivity (Wildman–Crippen MR) is 111 cm³/mol. The Labute approximate surface area is 155 Å². The topological polar surface area (TPSA) is 6.48 Å². The Morgan fingerprint density at radius 3 is 1.40 bits per heavy atom. The molecule has 4 rings (SSSR count). The summed E-state index contributed by atoms with van der Waals surface area (Å²) in [6, 6.07) is 17.4. The van der Waals surface area contributed by atoms with Crippen molar-refractivity contribution in [1.29, 1.82) is 0 Å². The quantitative estimate of drug-likeness (QED) is 0.637. The molecule has 2 aromatic carbocycles. The average Bonchev–Trinajstić information content (AvgIpc) is 3.05. The molecule has 0 N–H and O–H groups in total. The highest BCUT2D eigenvalue weighted by molar-refractivity contribution is 5.30. The standard InChI is InChI=1S/C10H13N.C9H11N.2C2H6/c1-11-7-6-9-4-2-3-5-10(9)8-11;1-10-6-8-4-2-3-5-9(8)7-10;2*1-2/h2-5H,6-8H2,1H3;2-5H,6-7H2,1H3;2*1-2H3. The molecule has 2 aliphatic heterocycles. The van der Waals surface area contributed by atoms with Gasteiger partial charge in [-0.25, -0.2) is 0 Å². The van der Waals surface area contributed by atoms with E-state index in [1.165, 1.54) is 35.2 Å². The van der Waals surface area contributed by atoms with E-state index in [4.69, 9.17) is 0 Å². The molecule has 25 heavy (non-hydrogen) atoms. The first-order chi connectivity index (χ1) is 12.2. The summed E-state index contributed by atoms with van der Waals surface area (Å²) in [5.74, 6) is 0. The third-order valence-corrected chi connectivity index (χ3v) is 4.32. The molecule has 0 aromatic heterocycles. The molecule has 0 saturated heterocycles. The first-order valence-corrected chi connectivity index (χ1v) is 9.73. The van der Waals surface area contributed by atoms with Crippen LogP contribution in [0.3, 0.4) is 0 Å². The Hall–Kier alpha value is -1.64. The zero-order valence-electron chi connectivity index (χ0n) is 17.0. The van der Waals surface area contributed by atoms with E-state index in [2.05, 4.69) is 72.4 Å². The Bertz CT molecular complexity index is 582. The van der Waals surface area contributed by atoms with Gasteiger partial charge in [-0.3, -0.25) is 4.90 Å². The third-order valence-electron chi connectivity index (χ3n) is 4.32. The molecule has 2 heteroatoms. The monoisotopic (exact) mass is 340 g/mol. The van der Waals surface area contributed by atoms with Crippen LogP contribution < -0.4 is 0 Å². The van der Waals surface area contributed by atoms with E-state index in [1.54, 1.807) is 0 Å².